The van der Waals surface area contributed by atoms with E-state index in [1.54, 1.807) is 19.1 Å². The number of hydrogen-bond donors (Lipinski definition) is 5. The molecule has 0 atom stereocenters. The van der Waals surface area contributed by atoms with Gasteiger partial charge in [-0.15, -0.1) is 20.5 Å². The first-order chi connectivity index (χ1) is 19.3. The van der Waals surface area contributed by atoms with Crippen LogP contribution in [0.4, 0.5) is 34.1 Å². The fraction of sp³-hybridized carbons (Fsp3) is 0.208. The second kappa shape index (κ2) is 12.9. The maximum absolute atomic E-state index is 12.4. The molecular formula is C24H26N6O9S2. The molecule has 0 aliphatic rings. The van der Waals surface area contributed by atoms with Gasteiger partial charge in [0.25, 0.3) is 10.1 Å². The van der Waals surface area contributed by atoms with Crippen molar-refractivity contribution in [3.63, 3.8) is 0 Å². The summed E-state index contributed by atoms with van der Waals surface area (Å²) < 4.78 is 63.6. The van der Waals surface area contributed by atoms with E-state index in [9.17, 15) is 31.3 Å². The average molecular weight is 607 g/mol. The van der Waals surface area contributed by atoms with Crippen molar-refractivity contribution in [2.75, 3.05) is 30.4 Å². The van der Waals surface area contributed by atoms with Gasteiger partial charge in [0.1, 0.15) is 22.0 Å². The van der Waals surface area contributed by atoms with Crippen molar-refractivity contribution in [2.45, 2.75) is 23.3 Å². The molecule has 3 aromatic carbocycles. The predicted molar refractivity (Wildman–Crippen MR) is 147 cm³/mol. The van der Waals surface area contributed by atoms with Crippen LogP contribution >= 0.6 is 0 Å². The summed E-state index contributed by atoms with van der Waals surface area (Å²) >= 11 is 0. The van der Waals surface area contributed by atoms with Crippen molar-refractivity contribution in [1.29, 1.82) is 0 Å². The van der Waals surface area contributed by atoms with Crippen molar-refractivity contribution < 1.29 is 41.1 Å². The van der Waals surface area contributed by atoms with Crippen LogP contribution in [0.15, 0.2) is 78.8 Å². The van der Waals surface area contributed by atoms with Gasteiger partial charge in [0, 0.05) is 5.56 Å². The van der Waals surface area contributed by atoms with E-state index in [1.807, 2.05) is 0 Å². The molecule has 15 nitrogen and oxygen atoms in total. The highest BCUT2D eigenvalue weighted by atomic mass is 32.2. The van der Waals surface area contributed by atoms with Gasteiger partial charge in [0.15, 0.2) is 9.84 Å². The fourth-order valence-corrected chi connectivity index (χ4v) is 5.10. The summed E-state index contributed by atoms with van der Waals surface area (Å²) in [5.74, 6) is -1.24. The Bertz CT molecular complexity index is 1740. The number of aliphatic hydroxyl groups excluding tert-OH is 2. The number of benzene rings is 3. The van der Waals surface area contributed by atoms with Crippen LogP contribution in [0.25, 0.3) is 0 Å². The van der Waals surface area contributed by atoms with Gasteiger partial charge in [-0.25, -0.2) is 13.2 Å². The van der Waals surface area contributed by atoms with Crippen molar-refractivity contribution in [1.82, 2.24) is 0 Å². The Hall–Kier alpha value is -4.29. The summed E-state index contributed by atoms with van der Waals surface area (Å²) in [6, 6.07) is 10.5. The van der Waals surface area contributed by atoms with Gasteiger partial charge in [-0.1, -0.05) is 18.2 Å². The number of nitrogens with zero attached hydrogens (tertiary/aromatic N) is 4. The molecule has 3 aromatic rings. The molecule has 218 valence electrons. The molecule has 0 aliphatic heterocycles. The highest BCUT2D eigenvalue weighted by molar-refractivity contribution is 7.91. The van der Waals surface area contributed by atoms with E-state index in [4.69, 9.17) is 21.3 Å². The van der Waals surface area contributed by atoms with Gasteiger partial charge in [-0.05, 0) is 37.3 Å². The first-order valence-corrected chi connectivity index (χ1v) is 14.8. The van der Waals surface area contributed by atoms with Gasteiger partial charge < -0.3 is 26.4 Å². The number of nitrogens with two attached hydrogens (primary N) is 2. The van der Waals surface area contributed by atoms with Gasteiger partial charge >= 0.3 is 5.97 Å². The Balaban J connectivity index is 2.17. The lowest BCUT2D eigenvalue weighted by Gasteiger charge is -2.11. The summed E-state index contributed by atoms with van der Waals surface area (Å²) in [5.41, 5.74) is 10.5. The summed E-state index contributed by atoms with van der Waals surface area (Å²) in [6.07, 6.45) is 0. The minimum absolute atomic E-state index is 0.0623. The molecule has 17 heteroatoms. The number of esters is 1. The number of carbonyl (C=O) groups is 1. The maximum atomic E-state index is 12.4. The van der Waals surface area contributed by atoms with Gasteiger partial charge in [0.05, 0.1) is 53.1 Å². The Morgan fingerprint density at radius 1 is 0.878 bits per heavy atom. The Morgan fingerprint density at radius 3 is 2.17 bits per heavy atom. The summed E-state index contributed by atoms with van der Waals surface area (Å²) in [4.78, 5) is 11.2. The average Bonchev–Trinajstić information content (AvgIpc) is 2.92. The lowest BCUT2D eigenvalue weighted by Crippen LogP contribution is -2.10. The highest BCUT2D eigenvalue weighted by Gasteiger charge is 2.23. The first kappa shape index (κ1) is 31.2. The number of sulfone groups is 1. The molecular weight excluding hydrogens is 580 g/mol. The molecule has 0 amide bonds. The lowest BCUT2D eigenvalue weighted by molar-refractivity contribution is 0.0527. The lowest BCUT2D eigenvalue weighted by atomic mass is 10.2. The third-order valence-electron chi connectivity index (χ3n) is 5.47. The molecule has 0 aliphatic carbocycles. The molecule has 0 fully saturated rings. The zero-order valence-corrected chi connectivity index (χ0v) is 23.1. The number of ether oxygens (including phenoxy) is 1. The van der Waals surface area contributed by atoms with Crippen LogP contribution in [-0.2, 0) is 31.3 Å². The first-order valence-electron chi connectivity index (χ1n) is 11.7. The summed E-state index contributed by atoms with van der Waals surface area (Å²) in [6.45, 7) is 0.537. The van der Waals surface area contributed by atoms with Crippen LogP contribution in [0.3, 0.4) is 0 Å². The van der Waals surface area contributed by atoms with Gasteiger partial charge in [-0.3, -0.25) is 4.55 Å². The van der Waals surface area contributed by atoms with Crippen LogP contribution in [-0.4, -0.2) is 56.5 Å². The smallest absolute Gasteiger partial charge is 0.340 e. The quantitative estimate of drug-likeness (QED) is 0.0914. The number of azo groups is 2. The normalized spacial score (nSPS) is 12.3. The predicted octanol–water partition coefficient (Wildman–Crippen LogP) is 3.36. The molecule has 0 saturated carbocycles. The van der Waals surface area contributed by atoms with E-state index in [2.05, 4.69) is 20.5 Å². The number of rotatable bonds is 11. The van der Waals surface area contributed by atoms with E-state index < -0.39 is 61.2 Å². The molecule has 7 N–H and O–H groups in total. The molecule has 0 bridgehead atoms. The number of aliphatic hydroxyl groups is 2. The summed E-state index contributed by atoms with van der Waals surface area (Å²) in [5, 5.41) is 34.4. The van der Waals surface area contributed by atoms with Crippen LogP contribution in [0.5, 0.6) is 0 Å². The largest absolute Gasteiger partial charge is 0.462 e. The number of hydrogen-bond acceptors (Lipinski definition) is 14. The van der Waals surface area contributed by atoms with Crippen LogP contribution < -0.4 is 11.5 Å². The second-order valence-corrected chi connectivity index (χ2v) is 11.7. The zero-order valence-electron chi connectivity index (χ0n) is 21.5. The Morgan fingerprint density at radius 2 is 1.54 bits per heavy atom. The van der Waals surface area contributed by atoms with Gasteiger partial charge in [-0.2, -0.15) is 8.42 Å². The molecule has 41 heavy (non-hydrogen) atoms. The summed E-state index contributed by atoms with van der Waals surface area (Å²) in [7, 11) is -8.83. The molecule has 0 saturated heterocycles. The van der Waals surface area contributed by atoms with Crippen LogP contribution in [0, 0.1) is 0 Å². The van der Waals surface area contributed by atoms with Crippen LogP contribution in [0.2, 0.25) is 0 Å². The number of carbonyl (C=O) groups excluding carboxylic acids is 1. The third kappa shape index (κ3) is 7.27. The van der Waals surface area contributed by atoms with Crippen molar-refractivity contribution >= 4 is 60.0 Å². The molecule has 0 spiro atoms. The van der Waals surface area contributed by atoms with Crippen molar-refractivity contribution in [3.05, 3.63) is 59.7 Å². The molecule has 3 rings (SSSR count). The van der Waals surface area contributed by atoms with E-state index in [-0.39, 0.29) is 45.4 Å². The maximum Gasteiger partial charge on any atom is 0.340 e. The standard InChI is InChI=1S/C24H26N6O9S2/c1-2-39-24(33)16-5-3-4-6-17(16)27-29-19-12-20(41(36,37)38)22(26)23(21(19)25)30-28-18-11-15(8-7-14(18)13-32)40(34,35)10-9-31/h3-8,11-12,31-32H,2,9-10,13,25-26H2,1H3,(H,36,37,38). The zero-order chi connectivity index (χ0) is 30.4. The monoisotopic (exact) mass is 606 g/mol. The highest BCUT2D eigenvalue weighted by Crippen LogP contribution is 2.43. The number of anilines is 2. The van der Waals surface area contributed by atoms with E-state index in [0.717, 1.165) is 12.1 Å². The van der Waals surface area contributed by atoms with Crippen molar-refractivity contribution in [3.8, 4) is 0 Å². The van der Waals surface area contributed by atoms with E-state index >= 15 is 0 Å². The minimum atomic E-state index is -4.94. The Kier molecular flexibility index (Phi) is 9.84. The molecule has 0 radical (unpaired) electrons. The van der Waals surface area contributed by atoms with Gasteiger partial charge in [0.2, 0.25) is 0 Å². The molecule has 0 unspecified atom stereocenters. The molecule has 0 aromatic heterocycles. The SMILES string of the molecule is CCOC(=O)c1ccccc1N=Nc1cc(S(=O)(=O)O)c(N)c(N=Nc2cc(S(=O)(=O)CCO)ccc2CO)c1N. The second-order valence-electron chi connectivity index (χ2n) is 8.17. The minimum Gasteiger partial charge on any atom is -0.462 e. The molecule has 0 heterocycles. The Labute approximate surface area is 234 Å². The van der Waals surface area contributed by atoms with E-state index in [1.165, 1.54) is 24.3 Å². The number of nitrogen functional groups attached to an aromatic ring is 2. The van der Waals surface area contributed by atoms with E-state index in [0.29, 0.717) is 0 Å². The van der Waals surface area contributed by atoms with Crippen molar-refractivity contribution in [2.24, 2.45) is 20.5 Å². The third-order valence-corrected chi connectivity index (χ3v) is 8.05. The fourth-order valence-electron chi connectivity index (χ4n) is 3.42. The topological polar surface area (TPSA) is 257 Å². The van der Waals surface area contributed by atoms with Crippen LogP contribution in [0.1, 0.15) is 22.8 Å².